The Morgan fingerprint density at radius 3 is 2.22 bits per heavy atom. The standard InChI is InChI=1S/C26H31F6N5/c1-3-23-8-18(13-35-23)17(9-24-36-14-20(15-37-24)19(11-33)12-34-2)5-4-16-6-21(25(27,28)29)10-22(7-16)26(30,31)32/h6-7,10-12,14-15,17-18,23,35H,3-5,8-9,13,33H2,1-2H3/t17?,18-,23+/m0/s1. The van der Waals surface area contributed by atoms with Crippen LogP contribution in [0.25, 0.3) is 5.57 Å². The molecule has 2 aromatic rings. The first-order valence-corrected chi connectivity index (χ1v) is 12.1. The van der Waals surface area contributed by atoms with Gasteiger partial charge in [-0.3, -0.25) is 4.99 Å². The van der Waals surface area contributed by atoms with Crippen LogP contribution in [0.15, 0.2) is 41.8 Å². The summed E-state index contributed by atoms with van der Waals surface area (Å²) in [5.41, 5.74) is 4.40. The summed E-state index contributed by atoms with van der Waals surface area (Å²) in [7, 11) is 1.62. The normalized spacial score (nSPS) is 20.1. The fraction of sp³-hybridized carbons (Fsp3) is 0.500. The number of nitrogens with zero attached hydrogens (tertiary/aromatic N) is 3. The maximum Gasteiger partial charge on any atom is 0.416 e. The number of alkyl halides is 6. The second-order valence-electron chi connectivity index (χ2n) is 9.32. The molecule has 1 unspecified atom stereocenters. The van der Waals surface area contributed by atoms with Gasteiger partial charge < -0.3 is 11.1 Å². The first-order chi connectivity index (χ1) is 17.4. The van der Waals surface area contributed by atoms with Gasteiger partial charge in [-0.2, -0.15) is 26.3 Å². The smallest absolute Gasteiger partial charge is 0.404 e. The molecule has 1 aromatic heterocycles. The van der Waals surface area contributed by atoms with Crippen LogP contribution in [-0.2, 0) is 25.2 Å². The Hall–Kier alpha value is -2.95. The molecule has 1 saturated heterocycles. The molecule has 5 nitrogen and oxygen atoms in total. The largest absolute Gasteiger partial charge is 0.416 e. The highest BCUT2D eigenvalue weighted by molar-refractivity contribution is 6.09. The minimum absolute atomic E-state index is 0.0120. The molecule has 0 spiro atoms. The molecule has 0 saturated carbocycles. The van der Waals surface area contributed by atoms with Crippen LogP contribution in [-0.4, -0.2) is 35.8 Å². The van der Waals surface area contributed by atoms with E-state index in [-0.39, 0.29) is 29.9 Å². The number of nitrogens with two attached hydrogens (primary N) is 1. The van der Waals surface area contributed by atoms with Gasteiger partial charge in [0, 0.05) is 55.5 Å². The molecule has 3 atom stereocenters. The lowest BCUT2D eigenvalue weighted by Gasteiger charge is -2.23. The summed E-state index contributed by atoms with van der Waals surface area (Å²) in [6.45, 7) is 2.80. The number of rotatable bonds is 9. The highest BCUT2D eigenvalue weighted by atomic mass is 19.4. The second-order valence-corrected chi connectivity index (χ2v) is 9.32. The van der Waals surface area contributed by atoms with Crippen molar-refractivity contribution >= 4 is 11.8 Å². The Kier molecular flexibility index (Phi) is 9.33. The number of hydrogen-bond acceptors (Lipinski definition) is 5. The Morgan fingerprint density at radius 2 is 1.73 bits per heavy atom. The summed E-state index contributed by atoms with van der Waals surface area (Å²) in [5, 5.41) is 3.45. The van der Waals surface area contributed by atoms with E-state index in [0.29, 0.717) is 35.8 Å². The topological polar surface area (TPSA) is 76.2 Å². The van der Waals surface area contributed by atoms with Gasteiger partial charge in [0.25, 0.3) is 0 Å². The number of aryl methyl sites for hydroxylation is 1. The Morgan fingerprint density at radius 1 is 1.11 bits per heavy atom. The van der Waals surface area contributed by atoms with Crippen molar-refractivity contribution < 1.29 is 26.3 Å². The molecule has 0 aliphatic carbocycles. The van der Waals surface area contributed by atoms with Gasteiger partial charge in [0.15, 0.2) is 0 Å². The van der Waals surface area contributed by atoms with E-state index in [1.807, 2.05) is 0 Å². The van der Waals surface area contributed by atoms with Crippen molar-refractivity contribution in [1.29, 1.82) is 0 Å². The summed E-state index contributed by atoms with van der Waals surface area (Å²) in [6, 6.07) is 2.12. The quantitative estimate of drug-likeness (QED) is 0.324. The zero-order chi connectivity index (χ0) is 27.2. The fourth-order valence-corrected chi connectivity index (χ4v) is 4.74. The molecule has 0 bridgehead atoms. The number of aromatic nitrogens is 2. The first-order valence-electron chi connectivity index (χ1n) is 12.1. The van der Waals surface area contributed by atoms with E-state index in [0.717, 1.165) is 31.5 Å². The van der Waals surface area contributed by atoms with Gasteiger partial charge >= 0.3 is 12.4 Å². The SMILES string of the molecule is CC[C@@H]1C[C@H](C(CCc2cc(C(F)(F)F)cc(C(F)(F)F)c2)Cc2ncc(C(C=NC)=CN)cn2)CN1. The van der Waals surface area contributed by atoms with Gasteiger partial charge in [-0.15, -0.1) is 0 Å². The van der Waals surface area contributed by atoms with E-state index >= 15 is 0 Å². The van der Waals surface area contributed by atoms with Crippen molar-refractivity contribution in [2.24, 2.45) is 22.6 Å². The molecule has 2 heterocycles. The van der Waals surface area contributed by atoms with Crippen molar-refractivity contribution in [3.8, 4) is 0 Å². The third-order valence-corrected chi connectivity index (χ3v) is 6.80. The third-order valence-electron chi connectivity index (χ3n) is 6.80. The summed E-state index contributed by atoms with van der Waals surface area (Å²) >= 11 is 0. The molecule has 1 fully saturated rings. The molecular formula is C26H31F6N5. The van der Waals surface area contributed by atoms with Crippen LogP contribution in [0.3, 0.4) is 0 Å². The van der Waals surface area contributed by atoms with Crippen LogP contribution in [0.5, 0.6) is 0 Å². The van der Waals surface area contributed by atoms with Crippen molar-refractivity contribution in [3.63, 3.8) is 0 Å². The summed E-state index contributed by atoms with van der Waals surface area (Å²) in [6.07, 6.45) is -0.743. The molecule has 1 aliphatic heterocycles. The molecule has 0 amide bonds. The van der Waals surface area contributed by atoms with Crippen molar-refractivity contribution in [2.75, 3.05) is 13.6 Å². The van der Waals surface area contributed by atoms with Crippen LogP contribution < -0.4 is 11.1 Å². The summed E-state index contributed by atoms with van der Waals surface area (Å²) in [5.74, 6) is 0.729. The number of hydrogen-bond donors (Lipinski definition) is 2. The van der Waals surface area contributed by atoms with E-state index in [2.05, 4.69) is 27.2 Å². The van der Waals surface area contributed by atoms with E-state index < -0.39 is 23.5 Å². The highest BCUT2D eigenvalue weighted by Crippen LogP contribution is 2.37. The number of nitrogens with one attached hydrogen (secondary N) is 1. The second kappa shape index (κ2) is 12.1. The number of halogens is 6. The van der Waals surface area contributed by atoms with Crippen molar-refractivity contribution in [3.05, 3.63) is 64.9 Å². The molecular weight excluding hydrogens is 496 g/mol. The van der Waals surface area contributed by atoms with Gasteiger partial charge in [-0.05, 0) is 67.8 Å². The van der Waals surface area contributed by atoms with Crippen molar-refractivity contribution in [2.45, 2.75) is 57.4 Å². The molecule has 1 aromatic carbocycles. The molecule has 1 aliphatic rings. The highest BCUT2D eigenvalue weighted by Gasteiger charge is 2.37. The van der Waals surface area contributed by atoms with Crippen LogP contribution >= 0.6 is 0 Å². The Bertz CT molecular complexity index is 1060. The lowest BCUT2D eigenvalue weighted by atomic mass is 9.82. The van der Waals surface area contributed by atoms with E-state index in [4.69, 9.17) is 5.73 Å². The van der Waals surface area contributed by atoms with E-state index in [9.17, 15) is 26.3 Å². The minimum Gasteiger partial charge on any atom is -0.404 e. The van der Waals surface area contributed by atoms with Gasteiger partial charge in [-0.25, -0.2) is 9.97 Å². The third kappa shape index (κ3) is 7.77. The van der Waals surface area contributed by atoms with Crippen LogP contribution in [0, 0.1) is 11.8 Å². The Balaban J connectivity index is 1.83. The van der Waals surface area contributed by atoms with Gasteiger partial charge in [0.05, 0.1) is 11.1 Å². The average molecular weight is 528 g/mol. The van der Waals surface area contributed by atoms with Crippen LogP contribution in [0.1, 0.15) is 54.3 Å². The minimum atomic E-state index is -4.87. The molecule has 3 N–H and O–H groups in total. The zero-order valence-electron chi connectivity index (χ0n) is 20.7. The van der Waals surface area contributed by atoms with Gasteiger partial charge in [0.1, 0.15) is 5.82 Å². The predicted molar refractivity (Wildman–Crippen MR) is 131 cm³/mol. The van der Waals surface area contributed by atoms with Crippen LogP contribution in [0.2, 0.25) is 0 Å². The maximum absolute atomic E-state index is 13.3. The fourth-order valence-electron chi connectivity index (χ4n) is 4.74. The predicted octanol–water partition coefficient (Wildman–Crippen LogP) is 5.69. The van der Waals surface area contributed by atoms with Crippen LogP contribution in [0.4, 0.5) is 26.3 Å². The lowest BCUT2D eigenvalue weighted by molar-refractivity contribution is -0.143. The van der Waals surface area contributed by atoms with Crippen molar-refractivity contribution in [1.82, 2.24) is 15.3 Å². The molecule has 11 heteroatoms. The maximum atomic E-state index is 13.3. The van der Waals surface area contributed by atoms with E-state index in [1.165, 1.54) is 6.20 Å². The summed E-state index contributed by atoms with van der Waals surface area (Å²) < 4.78 is 79.8. The molecule has 37 heavy (non-hydrogen) atoms. The molecule has 3 rings (SSSR count). The lowest BCUT2D eigenvalue weighted by Crippen LogP contribution is -2.22. The molecule has 0 radical (unpaired) electrons. The van der Waals surface area contributed by atoms with E-state index in [1.54, 1.807) is 25.7 Å². The Labute approximate surface area is 212 Å². The summed E-state index contributed by atoms with van der Waals surface area (Å²) in [4.78, 5) is 12.8. The van der Waals surface area contributed by atoms with Gasteiger partial charge in [-0.1, -0.05) is 6.92 Å². The number of benzene rings is 1. The first kappa shape index (κ1) is 28.6. The zero-order valence-corrected chi connectivity index (χ0v) is 20.7. The average Bonchev–Trinajstić information content (AvgIpc) is 3.33. The molecule has 202 valence electrons. The van der Waals surface area contributed by atoms with Gasteiger partial charge in [0.2, 0.25) is 0 Å². The number of allylic oxidation sites excluding steroid dienone is 1. The monoisotopic (exact) mass is 527 g/mol. The number of aliphatic imine (C=N–C) groups is 1.